The van der Waals surface area contributed by atoms with Crippen LogP contribution in [0.15, 0.2) is 54.6 Å². The first-order chi connectivity index (χ1) is 12.0. The van der Waals surface area contributed by atoms with Gasteiger partial charge in [-0.15, -0.1) is 0 Å². The maximum Gasteiger partial charge on any atom is 0.309 e. The molecule has 0 heterocycles. The topological polar surface area (TPSA) is 58.2 Å². The van der Waals surface area contributed by atoms with Crippen LogP contribution in [0.1, 0.15) is 49.3 Å². The normalized spacial score (nSPS) is 11.8. The number of rotatable bonds is 6. The maximum absolute atomic E-state index is 11.9. The summed E-state index contributed by atoms with van der Waals surface area (Å²) < 4.78 is 0. The SMILES string of the molecule is CC(C)c1ccc(CNC(=O)C(=O)NC[C@@H](C)c2ccccc2)cc1. The van der Waals surface area contributed by atoms with Crippen LogP contribution in [0.5, 0.6) is 0 Å². The molecule has 0 fully saturated rings. The predicted octanol–water partition coefficient (Wildman–Crippen LogP) is 3.35. The van der Waals surface area contributed by atoms with E-state index in [1.165, 1.54) is 5.56 Å². The third-order valence-electron chi connectivity index (χ3n) is 4.24. The summed E-state index contributed by atoms with van der Waals surface area (Å²) in [4.78, 5) is 23.8. The molecule has 132 valence electrons. The Morgan fingerprint density at radius 2 is 1.40 bits per heavy atom. The van der Waals surface area contributed by atoms with Crippen molar-refractivity contribution in [2.75, 3.05) is 6.54 Å². The lowest BCUT2D eigenvalue weighted by atomic mass is 10.0. The molecule has 4 heteroatoms. The van der Waals surface area contributed by atoms with E-state index in [-0.39, 0.29) is 5.92 Å². The van der Waals surface area contributed by atoms with Gasteiger partial charge >= 0.3 is 11.8 Å². The minimum absolute atomic E-state index is 0.154. The van der Waals surface area contributed by atoms with E-state index < -0.39 is 11.8 Å². The Hall–Kier alpha value is -2.62. The summed E-state index contributed by atoms with van der Waals surface area (Å²) in [5.41, 5.74) is 3.36. The van der Waals surface area contributed by atoms with Gasteiger partial charge in [-0.2, -0.15) is 0 Å². The fourth-order valence-electron chi connectivity index (χ4n) is 2.51. The van der Waals surface area contributed by atoms with Gasteiger partial charge in [-0.05, 0) is 28.5 Å². The summed E-state index contributed by atoms with van der Waals surface area (Å²) in [6.45, 7) is 7.07. The first-order valence-electron chi connectivity index (χ1n) is 8.67. The van der Waals surface area contributed by atoms with Gasteiger partial charge in [0.25, 0.3) is 0 Å². The van der Waals surface area contributed by atoms with E-state index in [0.717, 1.165) is 11.1 Å². The van der Waals surface area contributed by atoms with Crippen LogP contribution < -0.4 is 10.6 Å². The zero-order valence-corrected chi connectivity index (χ0v) is 15.1. The highest BCUT2D eigenvalue weighted by molar-refractivity contribution is 6.35. The van der Waals surface area contributed by atoms with Crippen molar-refractivity contribution in [2.24, 2.45) is 0 Å². The monoisotopic (exact) mass is 338 g/mol. The van der Waals surface area contributed by atoms with Crippen LogP contribution in [0.25, 0.3) is 0 Å². The molecule has 1 atom stereocenters. The van der Waals surface area contributed by atoms with Gasteiger partial charge in [0.1, 0.15) is 0 Å². The Kier molecular flexibility index (Phi) is 6.75. The molecule has 0 saturated carbocycles. The number of hydrogen-bond acceptors (Lipinski definition) is 2. The van der Waals surface area contributed by atoms with Crippen molar-refractivity contribution in [1.29, 1.82) is 0 Å². The Morgan fingerprint density at radius 1 is 0.800 bits per heavy atom. The Balaban J connectivity index is 1.77. The molecule has 0 aromatic heterocycles. The second kappa shape index (κ2) is 9.02. The fourth-order valence-corrected chi connectivity index (χ4v) is 2.51. The zero-order chi connectivity index (χ0) is 18.2. The number of hydrogen-bond donors (Lipinski definition) is 2. The molecule has 2 amide bonds. The third-order valence-corrected chi connectivity index (χ3v) is 4.24. The lowest BCUT2D eigenvalue weighted by molar-refractivity contribution is -0.139. The molecule has 2 N–H and O–H groups in total. The highest BCUT2D eigenvalue weighted by Crippen LogP contribution is 2.14. The van der Waals surface area contributed by atoms with Gasteiger partial charge in [0, 0.05) is 13.1 Å². The van der Waals surface area contributed by atoms with Crippen molar-refractivity contribution in [1.82, 2.24) is 10.6 Å². The van der Waals surface area contributed by atoms with E-state index in [4.69, 9.17) is 0 Å². The lowest BCUT2D eigenvalue weighted by Gasteiger charge is -2.13. The van der Waals surface area contributed by atoms with Crippen LogP contribution in [-0.2, 0) is 16.1 Å². The second-order valence-electron chi connectivity index (χ2n) is 6.60. The average molecular weight is 338 g/mol. The van der Waals surface area contributed by atoms with Gasteiger partial charge in [0.15, 0.2) is 0 Å². The molecule has 0 aliphatic heterocycles. The Morgan fingerprint density at radius 3 is 2.00 bits per heavy atom. The molecule has 0 aliphatic rings. The number of amides is 2. The number of carbonyl (C=O) groups is 2. The molecule has 2 aromatic rings. The van der Waals surface area contributed by atoms with Crippen molar-refractivity contribution in [3.05, 3.63) is 71.3 Å². The smallest absolute Gasteiger partial charge is 0.309 e. The molecule has 0 saturated heterocycles. The molecule has 0 unspecified atom stereocenters. The van der Waals surface area contributed by atoms with Crippen molar-refractivity contribution in [3.63, 3.8) is 0 Å². The largest absolute Gasteiger partial charge is 0.347 e. The van der Waals surface area contributed by atoms with Crippen LogP contribution in [0.4, 0.5) is 0 Å². The molecule has 2 aromatic carbocycles. The van der Waals surface area contributed by atoms with Crippen LogP contribution in [-0.4, -0.2) is 18.4 Å². The van der Waals surface area contributed by atoms with E-state index in [1.54, 1.807) is 0 Å². The molecule has 2 rings (SSSR count). The van der Waals surface area contributed by atoms with E-state index in [1.807, 2.05) is 61.5 Å². The highest BCUT2D eigenvalue weighted by atomic mass is 16.2. The first kappa shape index (κ1) is 18.7. The van der Waals surface area contributed by atoms with Crippen LogP contribution in [0.2, 0.25) is 0 Å². The molecule has 25 heavy (non-hydrogen) atoms. The van der Waals surface area contributed by atoms with E-state index in [2.05, 4.69) is 24.5 Å². The Labute approximate surface area is 149 Å². The van der Waals surface area contributed by atoms with Crippen molar-refractivity contribution < 1.29 is 9.59 Å². The summed E-state index contributed by atoms with van der Waals surface area (Å²) in [6, 6.07) is 18.0. The summed E-state index contributed by atoms with van der Waals surface area (Å²) in [5, 5.41) is 5.35. The summed E-state index contributed by atoms with van der Waals surface area (Å²) >= 11 is 0. The van der Waals surface area contributed by atoms with Crippen molar-refractivity contribution >= 4 is 11.8 Å². The summed E-state index contributed by atoms with van der Waals surface area (Å²) in [7, 11) is 0. The minimum Gasteiger partial charge on any atom is -0.347 e. The van der Waals surface area contributed by atoms with Crippen LogP contribution in [0, 0.1) is 0 Å². The number of nitrogens with one attached hydrogen (secondary N) is 2. The molecule has 0 spiro atoms. The second-order valence-corrected chi connectivity index (χ2v) is 6.60. The van der Waals surface area contributed by atoms with Gasteiger partial charge in [-0.3, -0.25) is 9.59 Å². The van der Waals surface area contributed by atoms with E-state index >= 15 is 0 Å². The highest BCUT2D eigenvalue weighted by Gasteiger charge is 2.14. The molecule has 0 aliphatic carbocycles. The summed E-state index contributed by atoms with van der Waals surface area (Å²) in [5.74, 6) is -0.572. The lowest BCUT2D eigenvalue weighted by Crippen LogP contribution is -2.40. The molecular formula is C21H26N2O2. The molecule has 4 nitrogen and oxygen atoms in total. The van der Waals surface area contributed by atoms with Crippen molar-refractivity contribution in [2.45, 2.75) is 39.2 Å². The van der Waals surface area contributed by atoms with Gasteiger partial charge < -0.3 is 10.6 Å². The zero-order valence-electron chi connectivity index (χ0n) is 15.1. The first-order valence-corrected chi connectivity index (χ1v) is 8.67. The van der Waals surface area contributed by atoms with Gasteiger partial charge in [0.05, 0.1) is 0 Å². The third kappa shape index (κ3) is 5.75. The van der Waals surface area contributed by atoms with E-state index in [9.17, 15) is 9.59 Å². The van der Waals surface area contributed by atoms with Gasteiger partial charge in [-0.25, -0.2) is 0 Å². The maximum atomic E-state index is 11.9. The predicted molar refractivity (Wildman–Crippen MR) is 100 cm³/mol. The fraction of sp³-hybridized carbons (Fsp3) is 0.333. The minimum atomic E-state index is -0.604. The van der Waals surface area contributed by atoms with Gasteiger partial charge in [-0.1, -0.05) is 75.4 Å². The standard InChI is InChI=1S/C21H26N2O2/c1-15(2)18-11-9-17(10-12-18)14-23-21(25)20(24)22-13-16(3)19-7-5-4-6-8-19/h4-12,15-16H,13-14H2,1-3H3,(H,22,24)(H,23,25)/t16-/m1/s1. The van der Waals surface area contributed by atoms with E-state index in [0.29, 0.717) is 19.0 Å². The molecule has 0 bridgehead atoms. The average Bonchev–Trinajstić information content (AvgIpc) is 2.64. The Bertz CT molecular complexity index is 694. The quantitative estimate of drug-likeness (QED) is 0.794. The number of carbonyl (C=O) groups excluding carboxylic acids is 2. The van der Waals surface area contributed by atoms with Crippen molar-refractivity contribution in [3.8, 4) is 0 Å². The number of benzene rings is 2. The molecular weight excluding hydrogens is 312 g/mol. The molecule has 0 radical (unpaired) electrons. The van der Waals surface area contributed by atoms with Crippen LogP contribution >= 0.6 is 0 Å². The van der Waals surface area contributed by atoms with Gasteiger partial charge in [0.2, 0.25) is 0 Å². The van der Waals surface area contributed by atoms with Crippen LogP contribution in [0.3, 0.4) is 0 Å². The summed E-state index contributed by atoms with van der Waals surface area (Å²) in [6.07, 6.45) is 0.